The summed E-state index contributed by atoms with van der Waals surface area (Å²) < 4.78 is 18.7. The van der Waals surface area contributed by atoms with Crippen molar-refractivity contribution < 1.29 is 8.83 Å². The largest absolute Gasteiger partial charge is 0.454 e. The van der Waals surface area contributed by atoms with Gasteiger partial charge in [-0.15, -0.1) is 0 Å². The van der Waals surface area contributed by atoms with Crippen molar-refractivity contribution in [3.63, 3.8) is 0 Å². The summed E-state index contributed by atoms with van der Waals surface area (Å²) in [6.07, 6.45) is 0. The van der Waals surface area contributed by atoms with Crippen LogP contribution in [-0.4, -0.2) is 8.80 Å². The van der Waals surface area contributed by atoms with Crippen molar-refractivity contribution in [2.45, 2.75) is 6.92 Å². The van der Waals surface area contributed by atoms with E-state index in [9.17, 15) is 0 Å². The molecule has 0 unspecified atom stereocenters. The van der Waals surface area contributed by atoms with Gasteiger partial charge < -0.3 is 27.4 Å². The van der Waals surface area contributed by atoms with E-state index < -0.39 is 0 Å². The molecule has 6 aromatic heterocycles. The number of aryl methyl sites for hydroxylation is 1. The molecule has 452 valence electrons. The Balaban J connectivity index is 0.770. The molecular formula is C91H56N4O2. The molecule has 6 heteroatoms. The number of rotatable bonds is 10. The molecule has 6 nitrogen and oxygen atoms in total. The summed E-state index contributed by atoms with van der Waals surface area (Å²) in [7, 11) is 0. The molecule has 0 fully saturated rings. The first kappa shape index (κ1) is 53.6. The summed E-state index contributed by atoms with van der Waals surface area (Å²) in [5.74, 6) is 0. The highest BCUT2D eigenvalue weighted by molar-refractivity contribution is 6.38. The number of fused-ring (bicyclic) bond motifs is 18. The molecule has 0 atom stereocenters. The monoisotopic (exact) mass is 1240 g/mol. The van der Waals surface area contributed by atoms with Gasteiger partial charge in [0.25, 0.3) is 0 Å². The second kappa shape index (κ2) is 20.5. The average molecular weight is 1240 g/mol. The number of hydrogen-bond donors (Lipinski definition) is 0. The predicted octanol–water partition coefficient (Wildman–Crippen LogP) is 25.7. The minimum absolute atomic E-state index is 0.860. The van der Waals surface area contributed by atoms with Gasteiger partial charge >= 0.3 is 0 Å². The molecule has 15 aromatic carbocycles. The first-order valence-corrected chi connectivity index (χ1v) is 33.3. The van der Waals surface area contributed by atoms with Crippen LogP contribution in [0.2, 0.25) is 0 Å². The normalized spacial score (nSPS) is 12.2. The van der Waals surface area contributed by atoms with Crippen molar-refractivity contribution >= 4 is 154 Å². The van der Waals surface area contributed by atoms with Crippen LogP contribution >= 0.6 is 0 Å². The molecule has 0 aliphatic carbocycles. The van der Waals surface area contributed by atoms with Gasteiger partial charge in [-0.05, 0) is 125 Å². The second-order valence-electron chi connectivity index (χ2n) is 25.9. The van der Waals surface area contributed by atoms with Crippen molar-refractivity contribution in [1.29, 1.82) is 0 Å². The molecule has 0 aliphatic rings. The first-order valence-electron chi connectivity index (χ1n) is 33.3. The van der Waals surface area contributed by atoms with Gasteiger partial charge in [0.15, 0.2) is 11.2 Å². The van der Waals surface area contributed by atoms with Gasteiger partial charge in [0.05, 0.1) is 44.5 Å². The highest BCUT2D eigenvalue weighted by Crippen LogP contribution is 2.55. The zero-order valence-electron chi connectivity index (χ0n) is 52.7. The molecule has 0 amide bonds. The predicted molar refractivity (Wildman–Crippen MR) is 406 cm³/mol. The van der Waals surface area contributed by atoms with E-state index in [0.717, 1.165) is 106 Å². The summed E-state index contributed by atoms with van der Waals surface area (Å²) in [5, 5.41) is 14.3. The number of para-hydroxylation sites is 7. The first-order chi connectivity index (χ1) is 48.1. The molecule has 6 heterocycles. The molecule has 97 heavy (non-hydrogen) atoms. The fourth-order valence-corrected chi connectivity index (χ4v) is 16.5. The van der Waals surface area contributed by atoms with Crippen molar-refractivity contribution in [3.05, 3.63) is 327 Å². The number of furan rings is 2. The third-order valence-electron chi connectivity index (χ3n) is 20.7. The molecule has 21 rings (SSSR count). The Morgan fingerprint density at radius 2 is 0.639 bits per heavy atom. The molecule has 0 saturated carbocycles. The molecule has 0 radical (unpaired) electrons. The van der Waals surface area contributed by atoms with Crippen LogP contribution in [0.15, 0.2) is 330 Å². The number of nitrogens with zero attached hydrogens (tertiary/aromatic N) is 4. The Morgan fingerprint density at radius 1 is 0.258 bits per heavy atom. The summed E-state index contributed by atoms with van der Waals surface area (Å²) in [6.45, 7) is 2.18. The summed E-state index contributed by atoms with van der Waals surface area (Å²) in [5.41, 5.74) is 27.4. The van der Waals surface area contributed by atoms with Crippen LogP contribution in [0.5, 0.6) is 0 Å². The Bertz CT molecular complexity index is 6720. The topological polar surface area (TPSA) is 41.6 Å². The van der Waals surface area contributed by atoms with Crippen LogP contribution in [0.4, 0.5) is 34.1 Å². The van der Waals surface area contributed by atoms with Crippen LogP contribution in [-0.2, 0) is 0 Å². The van der Waals surface area contributed by atoms with E-state index in [0.29, 0.717) is 0 Å². The Kier molecular flexibility index (Phi) is 11.4. The third kappa shape index (κ3) is 7.72. The molecule has 0 saturated heterocycles. The second-order valence-corrected chi connectivity index (χ2v) is 25.9. The summed E-state index contributed by atoms with van der Waals surface area (Å²) in [4.78, 5) is 4.66. The average Bonchev–Trinajstić information content (AvgIpc) is 1.50. The van der Waals surface area contributed by atoms with Crippen LogP contribution < -0.4 is 9.80 Å². The lowest BCUT2D eigenvalue weighted by atomic mass is 9.89. The van der Waals surface area contributed by atoms with Gasteiger partial charge in [-0.1, -0.05) is 243 Å². The van der Waals surface area contributed by atoms with Crippen molar-refractivity contribution in [2.24, 2.45) is 0 Å². The molecule has 0 bridgehead atoms. The highest BCUT2D eigenvalue weighted by Gasteiger charge is 2.32. The van der Waals surface area contributed by atoms with Crippen LogP contribution in [0.25, 0.3) is 165 Å². The lowest BCUT2D eigenvalue weighted by molar-refractivity contribution is 0.668. The molecular weight excluding hydrogens is 1180 g/mol. The molecule has 21 aromatic rings. The van der Waals surface area contributed by atoms with E-state index in [4.69, 9.17) is 8.83 Å². The smallest absolute Gasteiger partial charge is 0.159 e. The van der Waals surface area contributed by atoms with Crippen LogP contribution in [0, 0.1) is 6.92 Å². The Morgan fingerprint density at radius 3 is 1.16 bits per heavy atom. The standard InChI is InChI=1S/C91H56N4O2/c1-55-39-50-73-69-30-15-17-38-80(69)97-91(73)85(55)93(63-27-12-5-13-28-63)65-48-42-57(43-49-65)61-45-52-67-71-32-19-35-75-84-81(58-21-6-2-7-22-58)88-83(82(59-23-8-3-9-24-59)89(84)95(87(71)75)78(67)54-61)74-34-18-31-70-66-51-44-60(53-77(66)94(88)86(70)74)56-40-46-64(47-41-56)92(62-25-10-4-11-26-62)76-36-20-33-72-68-29-14-16-37-79(68)96-90(72)76/h2-54H,1H3. The maximum Gasteiger partial charge on any atom is 0.159 e. The summed E-state index contributed by atoms with van der Waals surface area (Å²) in [6, 6.07) is 117. The number of hydrogen-bond acceptors (Lipinski definition) is 4. The Hall–Kier alpha value is -12.9. The Labute approximate surface area is 556 Å². The van der Waals surface area contributed by atoms with Crippen molar-refractivity contribution in [2.75, 3.05) is 9.80 Å². The highest BCUT2D eigenvalue weighted by atomic mass is 16.3. The lowest BCUT2D eigenvalue weighted by Gasteiger charge is -2.27. The zero-order chi connectivity index (χ0) is 63.6. The van der Waals surface area contributed by atoms with Gasteiger partial charge in [-0.3, -0.25) is 0 Å². The van der Waals surface area contributed by atoms with Crippen molar-refractivity contribution in [1.82, 2.24) is 8.80 Å². The fourth-order valence-electron chi connectivity index (χ4n) is 16.5. The molecule has 0 N–H and O–H groups in total. The van der Waals surface area contributed by atoms with E-state index in [1.54, 1.807) is 0 Å². The quantitative estimate of drug-likeness (QED) is 0.137. The van der Waals surface area contributed by atoms with Gasteiger partial charge in [0.1, 0.15) is 11.2 Å². The van der Waals surface area contributed by atoms with E-state index in [2.05, 4.69) is 335 Å². The van der Waals surface area contributed by atoms with Gasteiger partial charge in [-0.2, -0.15) is 0 Å². The maximum atomic E-state index is 6.75. The van der Waals surface area contributed by atoms with Crippen LogP contribution in [0.1, 0.15) is 5.56 Å². The van der Waals surface area contributed by atoms with E-state index in [1.165, 1.54) is 98.4 Å². The minimum atomic E-state index is 0.860. The fraction of sp³-hybridized carbons (Fsp3) is 0.0110. The summed E-state index contributed by atoms with van der Waals surface area (Å²) >= 11 is 0. The minimum Gasteiger partial charge on any atom is -0.454 e. The third-order valence-corrected chi connectivity index (χ3v) is 20.7. The molecule has 0 spiro atoms. The van der Waals surface area contributed by atoms with E-state index >= 15 is 0 Å². The molecule has 0 aliphatic heterocycles. The van der Waals surface area contributed by atoms with Gasteiger partial charge in [-0.25, -0.2) is 0 Å². The van der Waals surface area contributed by atoms with Crippen LogP contribution in [0.3, 0.4) is 0 Å². The SMILES string of the molecule is Cc1ccc2c(oc3ccccc32)c1N(c1ccccc1)c1ccc(-c2ccc3c4cccc5c6c(-c7ccccc7)c7c(c(-c8ccccc8)c6n(c3c2)c45)c2cccc3c4ccc(-c5ccc(N(c6ccccc6)c6cccc8c6oc6ccccc68)cc5)cc4n7c32)cc1. The maximum absolute atomic E-state index is 6.75. The van der Waals surface area contributed by atoms with E-state index in [-0.39, 0.29) is 0 Å². The lowest BCUT2D eigenvalue weighted by Crippen LogP contribution is -2.11. The van der Waals surface area contributed by atoms with Gasteiger partial charge in [0.2, 0.25) is 0 Å². The number of anilines is 6. The van der Waals surface area contributed by atoms with Gasteiger partial charge in [0, 0.05) is 98.5 Å². The number of benzene rings is 15. The van der Waals surface area contributed by atoms with Crippen molar-refractivity contribution in [3.8, 4) is 44.5 Å². The van der Waals surface area contributed by atoms with E-state index in [1.807, 2.05) is 12.1 Å². The zero-order valence-corrected chi connectivity index (χ0v) is 52.7. The number of aromatic nitrogens is 2.